The Morgan fingerprint density at radius 1 is 1.38 bits per heavy atom. The van der Waals surface area contributed by atoms with Gasteiger partial charge in [-0.15, -0.1) is 24.0 Å². The lowest BCUT2D eigenvalue weighted by molar-refractivity contribution is 0.408. The third-order valence-electron chi connectivity index (χ3n) is 4.47. The first kappa shape index (κ1) is 21.1. The van der Waals surface area contributed by atoms with Crippen molar-refractivity contribution in [3.63, 3.8) is 0 Å². The van der Waals surface area contributed by atoms with Crippen LogP contribution in [0.4, 0.5) is 0 Å². The number of benzene rings is 1. The van der Waals surface area contributed by atoms with Gasteiger partial charge >= 0.3 is 0 Å². The molecule has 7 heteroatoms. The highest BCUT2D eigenvalue weighted by atomic mass is 127. The first-order valence-electron chi connectivity index (χ1n) is 8.89. The number of nitrogens with zero attached hydrogens (tertiary/aromatic N) is 4. The monoisotopic (exact) mass is 485 g/mol. The number of hydrogen-bond acceptors (Lipinski definition) is 3. The Labute approximate surface area is 177 Å². The van der Waals surface area contributed by atoms with Gasteiger partial charge in [-0.2, -0.15) is 11.8 Å². The topological polar surface area (TPSA) is 45.5 Å². The summed E-state index contributed by atoms with van der Waals surface area (Å²) in [5, 5.41) is 4.25. The van der Waals surface area contributed by atoms with Crippen molar-refractivity contribution >= 4 is 41.7 Å². The molecule has 0 bridgehead atoms. The quantitative estimate of drug-likeness (QED) is 0.401. The molecule has 0 amide bonds. The number of halogens is 1. The van der Waals surface area contributed by atoms with Gasteiger partial charge in [-0.25, -0.2) is 4.98 Å². The minimum Gasteiger partial charge on any atom is -0.352 e. The summed E-state index contributed by atoms with van der Waals surface area (Å²) in [7, 11) is 1.88. The molecule has 0 aliphatic carbocycles. The number of rotatable bonds is 5. The Bertz CT molecular complexity index is 689. The van der Waals surface area contributed by atoms with E-state index in [9.17, 15) is 0 Å². The van der Waals surface area contributed by atoms with E-state index < -0.39 is 0 Å². The molecule has 1 N–H and O–H groups in total. The van der Waals surface area contributed by atoms with Crippen LogP contribution in [0, 0.1) is 0 Å². The van der Waals surface area contributed by atoms with Crippen molar-refractivity contribution in [1.29, 1.82) is 0 Å². The number of hydrogen-bond donors (Lipinski definition) is 1. The molecule has 1 unspecified atom stereocenters. The van der Waals surface area contributed by atoms with Crippen molar-refractivity contribution in [3.05, 3.63) is 54.1 Å². The van der Waals surface area contributed by atoms with Gasteiger partial charge in [0.2, 0.25) is 0 Å². The number of nitrogens with one attached hydrogen (secondary N) is 1. The molecule has 2 heterocycles. The molecule has 1 aromatic heterocycles. The lowest BCUT2D eigenvalue weighted by atomic mass is 10.1. The fourth-order valence-corrected chi connectivity index (χ4v) is 4.28. The van der Waals surface area contributed by atoms with Crippen LogP contribution in [0.25, 0.3) is 0 Å². The largest absolute Gasteiger partial charge is 0.352 e. The lowest BCUT2D eigenvalue weighted by Gasteiger charge is -2.34. The van der Waals surface area contributed by atoms with Gasteiger partial charge in [0.25, 0.3) is 0 Å². The van der Waals surface area contributed by atoms with Crippen LogP contribution in [-0.4, -0.2) is 51.6 Å². The summed E-state index contributed by atoms with van der Waals surface area (Å²) in [5.74, 6) is 2.19. The van der Waals surface area contributed by atoms with Gasteiger partial charge in [-0.1, -0.05) is 31.2 Å². The van der Waals surface area contributed by atoms with Gasteiger partial charge in [0.05, 0.1) is 6.33 Å². The minimum absolute atomic E-state index is 0. The van der Waals surface area contributed by atoms with E-state index in [0.717, 1.165) is 32.1 Å². The van der Waals surface area contributed by atoms with E-state index in [1.165, 1.54) is 23.3 Å². The Morgan fingerprint density at radius 3 is 2.96 bits per heavy atom. The molecule has 2 aromatic rings. The molecule has 1 fully saturated rings. The lowest BCUT2D eigenvalue weighted by Crippen LogP contribution is -2.47. The average Bonchev–Trinajstić information content (AvgIpc) is 3.16. The Balaban J connectivity index is 0.00000243. The Kier molecular flexibility index (Phi) is 8.77. The van der Waals surface area contributed by atoms with E-state index in [4.69, 9.17) is 0 Å². The van der Waals surface area contributed by atoms with Crippen molar-refractivity contribution in [2.45, 2.75) is 31.7 Å². The zero-order valence-electron chi connectivity index (χ0n) is 15.5. The van der Waals surface area contributed by atoms with Gasteiger partial charge in [0.15, 0.2) is 5.96 Å². The molecule has 1 atom stereocenters. The van der Waals surface area contributed by atoms with Crippen LogP contribution >= 0.6 is 35.7 Å². The van der Waals surface area contributed by atoms with Crippen LogP contribution < -0.4 is 5.32 Å². The predicted molar refractivity (Wildman–Crippen MR) is 121 cm³/mol. The minimum atomic E-state index is 0. The van der Waals surface area contributed by atoms with E-state index in [1.54, 1.807) is 0 Å². The maximum absolute atomic E-state index is 4.49. The van der Waals surface area contributed by atoms with Crippen LogP contribution in [-0.2, 0) is 13.1 Å². The molecular formula is C19H28IN5S. The second kappa shape index (κ2) is 10.8. The van der Waals surface area contributed by atoms with Crippen molar-refractivity contribution in [1.82, 2.24) is 19.8 Å². The maximum Gasteiger partial charge on any atom is 0.193 e. The summed E-state index contributed by atoms with van der Waals surface area (Å²) >= 11 is 2.08. The number of aromatic nitrogens is 2. The van der Waals surface area contributed by atoms with Crippen LogP contribution in [0.1, 0.15) is 24.5 Å². The van der Waals surface area contributed by atoms with Crippen molar-refractivity contribution in [2.75, 3.05) is 25.9 Å². The number of guanidine groups is 1. The van der Waals surface area contributed by atoms with E-state index in [-0.39, 0.29) is 24.0 Å². The van der Waals surface area contributed by atoms with E-state index in [0.29, 0.717) is 5.25 Å². The predicted octanol–water partition coefficient (Wildman–Crippen LogP) is 3.45. The molecule has 1 aromatic carbocycles. The molecule has 0 spiro atoms. The summed E-state index contributed by atoms with van der Waals surface area (Å²) in [6.07, 6.45) is 6.88. The Hall–Kier alpha value is -1.22. The summed E-state index contributed by atoms with van der Waals surface area (Å²) in [6, 6.07) is 8.70. The highest BCUT2D eigenvalue weighted by molar-refractivity contribution is 14.0. The standard InChI is InChI=1S/C19H27N5S.HI/c1-3-18-14-24(9-10-25-18)19(20-2)22-12-16-5-4-6-17(11-16)13-23-8-7-21-15-23;/h4-8,11,15,18H,3,9-10,12-14H2,1-2H3,(H,20,22);1H. The first-order valence-corrected chi connectivity index (χ1v) is 9.94. The fourth-order valence-electron chi connectivity index (χ4n) is 3.10. The normalized spacial score (nSPS) is 17.7. The van der Waals surface area contributed by atoms with Gasteiger partial charge in [0.1, 0.15) is 0 Å². The van der Waals surface area contributed by atoms with Gasteiger partial charge < -0.3 is 14.8 Å². The van der Waals surface area contributed by atoms with Crippen LogP contribution in [0.2, 0.25) is 0 Å². The molecule has 26 heavy (non-hydrogen) atoms. The average molecular weight is 485 g/mol. The second-order valence-corrected chi connectivity index (χ2v) is 7.71. The van der Waals surface area contributed by atoms with Crippen LogP contribution in [0.5, 0.6) is 0 Å². The second-order valence-electron chi connectivity index (χ2n) is 6.30. The zero-order chi connectivity index (χ0) is 17.5. The van der Waals surface area contributed by atoms with Crippen LogP contribution in [0.15, 0.2) is 48.0 Å². The summed E-state index contributed by atoms with van der Waals surface area (Å²) in [5.41, 5.74) is 2.56. The fraction of sp³-hybridized carbons (Fsp3) is 0.474. The SMILES string of the molecule is CCC1CN(C(=NC)NCc2cccc(Cn3ccnc3)c2)CCS1.I. The molecule has 0 radical (unpaired) electrons. The van der Waals surface area contributed by atoms with E-state index >= 15 is 0 Å². The summed E-state index contributed by atoms with van der Waals surface area (Å²) in [4.78, 5) is 11.0. The highest BCUT2D eigenvalue weighted by Crippen LogP contribution is 2.21. The van der Waals surface area contributed by atoms with Gasteiger partial charge in [-0.3, -0.25) is 4.99 Å². The molecular weight excluding hydrogens is 457 g/mol. The van der Waals surface area contributed by atoms with Gasteiger partial charge in [-0.05, 0) is 17.5 Å². The van der Waals surface area contributed by atoms with Crippen LogP contribution in [0.3, 0.4) is 0 Å². The summed E-state index contributed by atoms with van der Waals surface area (Å²) in [6.45, 7) is 6.07. The highest BCUT2D eigenvalue weighted by Gasteiger charge is 2.21. The zero-order valence-corrected chi connectivity index (χ0v) is 18.6. The molecule has 3 rings (SSSR count). The van der Waals surface area contributed by atoms with Crippen molar-refractivity contribution < 1.29 is 0 Å². The molecule has 1 aliphatic rings. The third kappa shape index (κ3) is 5.90. The molecule has 1 aliphatic heterocycles. The first-order chi connectivity index (χ1) is 12.3. The maximum atomic E-state index is 4.49. The van der Waals surface area contributed by atoms with Gasteiger partial charge in [0, 0.05) is 56.6 Å². The van der Waals surface area contributed by atoms with Crippen molar-refractivity contribution in [2.24, 2.45) is 4.99 Å². The number of imidazole rings is 1. The third-order valence-corrected chi connectivity index (χ3v) is 5.84. The molecule has 1 saturated heterocycles. The Morgan fingerprint density at radius 2 is 2.23 bits per heavy atom. The van der Waals surface area contributed by atoms with E-state index in [2.05, 4.69) is 67.7 Å². The van der Waals surface area contributed by atoms with Crippen molar-refractivity contribution in [3.8, 4) is 0 Å². The molecule has 142 valence electrons. The number of aliphatic imine (C=N–C) groups is 1. The van der Waals surface area contributed by atoms with E-state index in [1.807, 2.05) is 25.8 Å². The molecule has 5 nitrogen and oxygen atoms in total. The summed E-state index contributed by atoms with van der Waals surface area (Å²) < 4.78 is 2.09. The smallest absolute Gasteiger partial charge is 0.193 e. The number of thioether (sulfide) groups is 1. The molecule has 0 saturated carbocycles.